The second-order valence-corrected chi connectivity index (χ2v) is 2.12. The highest BCUT2D eigenvalue weighted by Gasteiger charge is 2.00. The van der Waals surface area contributed by atoms with Crippen LogP contribution in [-0.2, 0) is 0 Å². The Labute approximate surface area is 68.0 Å². The van der Waals surface area contributed by atoms with Crippen molar-refractivity contribution in [2.45, 2.75) is 0 Å². The summed E-state index contributed by atoms with van der Waals surface area (Å²) in [7, 11) is 0. The summed E-state index contributed by atoms with van der Waals surface area (Å²) in [5.74, 6) is -1.25. The summed E-state index contributed by atoms with van der Waals surface area (Å²) in [5, 5.41) is 2.45. The van der Waals surface area contributed by atoms with Gasteiger partial charge in [0.25, 0.3) is 0 Å². The number of rotatable bonds is 2. The molecule has 58 valence electrons. The van der Waals surface area contributed by atoms with Crippen LogP contribution in [0.1, 0.15) is 0 Å². The molecule has 1 aromatic rings. The largest absolute Gasteiger partial charge is 0.350 e. The molecule has 0 aliphatic heterocycles. The predicted octanol–water partition coefficient (Wildman–Crippen LogP) is 2.33. The summed E-state index contributed by atoms with van der Waals surface area (Å²) < 4.78 is 25.0. The fourth-order valence-corrected chi connectivity index (χ4v) is 0.797. The van der Waals surface area contributed by atoms with E-state index >= 15 is 0 Å². The van der Waals surface area contributed by atoms with Crippen LogP contribution in [-0.4, -0.2) is 5.49 Å². The van der Waals surface area contributed by atoms with Gasteiger partial charge in [-0.05, 0) is 12.1 Å². The number of halogens is 2. The third-order valence-electron chi connectivity index (χ3n) is 1.15. The van der Waals surface area contributed by atoms with E-state index in [1.54, 1.807) is 0 Å². The second kappa shape index (κ2) is 3.39. The van der Waals surface area contributed by atoms with Crippen LogP contribution in [0.4, 0.5) is 14.5 Å². The van der Waals surface area contributed by atoms with E-state index in [1.807, 2.05) is 0 Å². The molecule has 0 saturated carbocycles. The second-order valence-electron chi connectivity index (χ2n) is 1.89. The monoisotopic (exact) mass is 173 g/mol. The van der Waals surface area contributed by atoms with Crippen molar-refractivity contribution < 1.29 is 8.78 Å². The zero-order valence-corrected chi connectivity index (χ0v) is 6.29. The molecule has 0 aliphatic carbocycles. The van der Waals surface area contributed by atoms with Crippen LogP contribution in [0.3, 0.4) is 0 Å². The van der Waals surface area contributed by atoms with Gasteiger partial charge in [0.15, 0.2) is 0 Å². The third kappa shape index (κ3) is 1.94. The van der Waals surface area contributed by atoms with Gasteiger partial charge >= 0.3 is 0 Å². The average molecular weight is 173 g/mol. The molecule has 0 aliphatic rings. The van der Waals surface area contributed by atoms with Crippen molar-refractivity contribution >= 4 is 23.4 Å². The molecule has 0 heterocycles. The molecule has 4 heteroatoms. The van der Waals surface area contributed by atoms with Crippen molar-refractivity contribution in [2.24, 2.45) is 0 Å². The molecule has 11 heavy (non-hydrogen) atoms. The number of benzene rings is 1. The zero-order chi connectivity index (χ0) is 8.27. The van der Waals surface area contributed by atoms with Gasteiger partial charge in [0.05, 0.1) is 11.2 Å². The molecule has 1 N–H and O–H groups in total. The standard InChI is InChI=1S/C7H5F2NS/c8-5-1-2-7(10-4-11)6(9)3-5/h1-4H,(H,10,11). The Morgan fingerprint density at radius 1 is 1.36 bits per heavy atom. The number of thiocarbonyl (C=S) groups is 1. The Morgan fingerprint density at radius 3 is 2.64 bits per heavy atom. The van der Waals surface area contributed by atoms with Crippen LogP contribution in [0, 0.1) is 11.6 Å². The van der Waals surface area contributed by atoms with Gasteiger partial charge in [0.1, 0.15) is 11.6 Å². The summed E-state index contributed by atoms with van der Waals surface area (Å²) in [4.78, 5) is 0. The maximum atomic E-state index is 12.7. The van der Waals surface area contributed by atoms with Gasteiger partial charge in [-0.3, -0.25) is 0 Å². The first-order chi connectivity index (χ1) is 5.24. The molecule has 0 unspecified atom stereocenters. The maximum absolute atomic E-state index is 12.7. The van der Waals surface area contributed by atoms with Gasteiger partial charge < -0.3 is 5.32 Å². The van der Waals surface area contributed by atoms with Crippen molar-refractivity contribution in [1.82, 2.24) is 0 Å². The van der Waals surface area contributed by atoms with Crippen LogP contribution in [0.25, 0.3) is 0 Å². The number of hydrogen-bond acceptors (Lipinski definition) is 1. The van der Waals surface area contributed by atoms with Crippen LogP contribution in [0.5, 0.6) is 0 Å². The lowest BCUT2D eigenvalue weighted by Crippen LogP contribution is -1.95. The van der Waals surface area contributed by atoms with E-state index < -0.39 is 11.6 Å². The Bertz CT molecular complexity index is 275. The predicted molar refractivity (Wildman–Crippen MR) is 43.6 cm³/mol. The normalized spacial score (nSPS) is 9.27. The van der Waals surface area contributed by atoms with Gasteiger partial charge in [-0.1, -0.05) is 12.2 Å². The SMILES string of the molecule is Fc1ccc(NC=S)c(F)c1. The Kier molecular flexibility index (Phi) is 2.48. The van der Waals surface area contributed by atoms with E-state index in [0.717, 1.165) is 17.6 Å². The molecule has 0 amide bonds. The molecular weight excluding hydrogens is 168 g/mol. The van der Waals surface area contributed by atoms with Crippen molar-refractivity contribution in [3.05, 3.63) is 29.8 Å². The number of hydrogen-bond donors (Lipinski definition) is 1. The Morgan fingerprint density at radius 2 is 2.09 bits per heavy atom. The fraction of sp³-hybridized carbons (Fsp3) is 0. The van der Waals surface area contributed by atoms with Gasteiger partial charge in [-0.15, -0.1) is 0 Å². The molecule has 0 saturated heterocycles. The van der Waals surface area contributed by atoms with Gasteiger partial charge in [-0.25, -0.2) is 8.78 Å². The van der Waals surface area contributed by atoms with Gasteiger partial charge in [0.2, 0.25) is 0 Å². The Balaban J connectivity index is 2.98. The van der Waals surface area contributed by atoms with Gasteiger partial charge in [0, 0.05) is 6.07 Å². The summed E-state index contributed by atoms with van der Waals surface area (Å²) in [6.45, 7) is 0. The summed E-state index contributed by atoms with van der Waals surface area (Å²) in [6, 6.07) is 3.24. The van der Waals surface area contributed by atoms with E-state index in [4.69, 9.17) is 0 Å². The summed E-state index contributed by atoms with van der Waals surface area (Å²) >= 11 is 4.43. The molecule has 0 aromatic heterocycles. The van der Waals surface area contributed by atoms with E-state index in [1.165, 1.54) is 6.07 Å². The molecule has 0 fully saturated rings. The Hall–Kier alpha value is -1.03. The molecule has 1 rings (SSSR count). The highest BCUT2D eigenvalue weighted by Crippen LogP contribution is 2.13. The molecule has 0 bridgehead atoms. The lowest BCUT2D eigenvalue weighted by Gasteiger charge is -1.99. The molecule has 0 radical (unpaired) electrons. The minimum atomic E-state index is -0.647. The quantitative estimate of drug-likeness (QED) is 0.689. The highest BCUT2D eigenvalue weighted by molar-refractivity contribution is 7.79. The van der Waals surface area contributed by atoms with Crippen molar-refractivity contribution in [1.29, 1.82) is 0 Å². The lowest BCUT2D eigenvalue weighted by atomic mass is 10.3. The molecular formula is C7H5F2NS. The van der Waals surface area contributed by atoms with Crippen LogP contribution < -0.4 is 5.32 Å². The third-order valence-corrected chi connectivity index (χ3v) is 1.26. The van der Waals surface area contributed by atoms with Crippen molar-refractivity contribution in [3.63, 3.8) is 0 Å². The van der Waals surface area contributed by atoms with Crippen molar-refractivity contribution in [2.75, 3.05) is 5.32 Å². The van der Waals surface area contributed by atoms with Crippen LogP contribution >= 0.6 is 12.2 Å². The van der Waals surface area contributed by atoms with Crippen molar-refractivity contribution in [3.8, 4) is 0 Å². The highest BCUT2D eigenvalue weighted by atomic mass is 32.1. The molecule has 1 nitrogen and oxygen atoms in total. The van der Waals surface area contributed by atoms with E-state index in [-0.39, 0.29) is 5.69 Å². The zero-order valence-electron chi connectivity index (χ0n) is 5.47. The molecule has 1 aromatic carbocycles. The lowest BCUT2D eigenvalue weighted by molar-refractivity contribution is 0.586. The first-order valence-electron chi connectivity index (χ1n) is 2.89. The minimum absolute atomic E-state index is 0.182. The van der Waals surface area contributed by atoms with Crippen LogP contribution in [0.15, 0.2) is 18.2 Å². The number of anilines is 1. The smallest absolute Gasteiger partial charge is 0.149 e. The molecule has 0 spiro atoms. The van der Waals surface area contributed by atoms with E-state index in [0.29, 0.717) is 0 Å². The molecule has 0 atom stereocenters. The van der Waals surface area contributed by atoms with Crippen LogP contribution in [0.2, 0.25) is 0 Å². The topological polar surface area (TPSA) is 12.0 Å². The van der Waals surface area contributed by atoms with E-state index in [2.05, 4.69) is 17.5 Å². The summed E-state index contributed by atoms with van der Waals surface area (Å²) in [5.41, 5.74) is 1.34. The van der Waals surface area contributed by atoms with Gasteiger partial charge in [-0.2, -0.15) is 0 Å². The maximum Gasteiger partial charge on any atom is 0.149 e. The fourth-order valence-electron chi connectivity index (χ4n) is 0.670. The van der Waals surface area contributed by atoms with E-state index in [9.17, 15) is 8.78 Å². The minimum Gasteiger partial charge on any atom is -0.350 e. The average Bonchev–Trinajstić information content (AvgIpc) is 1.95. The first-order valence-corrected chi connectivity index (χ1v) is 3.36. The first kappa shape index (κ1) is 8.07. The number of nitrogens with one attached hydrogen (secondary N) is 1. The summed E-state index contributed by atoms with van der Waals surface area (Å²) in [6.07, 6.45) is 0.